The van der Waals surface area contributed by atoms with Crippen molar-refractivity contribution in [1.29, 1.82) is 0 Å². The zero-order valence-electron chi connectivity index (χ0n) is 16.2. The van der Waals surface area contributed by atoms with E-state index < -0.39 is 15.9 Å². The number of anilines is 1. The Morgan fingerprint density at radius 1 is 1.15 bits per heavy atom. The van der Waals surface area contributed by atoms with E-state index in [9.17, 15) is 13.2 Å². The van der Waals surface area contributed by atoms with Crippen LogP contribution in [0.15, 0.2) is 47.4 Å². The van der Waals surface area contributed by atoms with E-state index in [4.69, 9.17) is 4.84 Å². The van der Waals surface area contributed by atoms with Crippen LogP contribution >= 0.6 is 0 Å². The Bertz CT molecular complexity index is 893. The molecule has 27 heavy (non-hydrogen) atoms. The van der Waals surface area contributed by atoms with Gasteiger partial charge in [0.2, 0.25) is 0 Å². The molecule has 0 aliphatic heterocycles. The second kappa shape index (κ2) is 9.01. The van der Waals surface area contributed by atoms with Gasteiger partial charge in [-0.2, -0.15) is 0 Å². The van der Waals surface area contributed by atoms with Gasteiger partial charge in [0.25, 0.3) is 15.9 Å². The van der Waals surface area contributed by atoms with E-state index in [0.29, 0.717) is 11.3 Å². The van der Waals surface area contributed by atoms with Gasteiger partial charge in [0.15, 0.2) is 0 Å². The Labute approximate surface area is 161 Å². The molecule has 0 saturated carbocycles. The van der Waals surface area contributed by atoms with Crippen LogP contribution < -0.4 is 4.72 Å². The van der Waals surface area contributed by atoms with E-state index in [1.807, 2.05) is 12.1 Å². The maximum absolute atomic E-state index is 12.8. The van der Waals surface area contributed by atoms with Gasteiger partial charge in [0.1, 0.15) is 0 Å². The van der Waals surface area contributed by atoms with Crippen LogP contribution in [0.25, 0.3) is 0 Å². The lowest BCUT2D eigenvalue weighted by Gasteiger charge is -2.16. The van der Waals surface area contributed by atoms with Gasteiger partial charge < -0.3 is 0 Å². The van der Waals surface area contributed by atoms with Crippen molar-refractivity contribution < 1.29 is 18.0 Å². The fraction of sp³-hybridized carbons (Fsp3) is 0.350. The van der Waals surface area contributed by atoms with Gasteiger partial charge in [-0.3, -0.25) is 14.4 Å². The van der Waals surface area contributed by atoms with Crippen LogP contribution in [0, 0.1) is 6.92 Å². The minimum Gasteiger partial charge on any atom is -0.280 e. The molecule has 0 aliphatic carbocycles. The first-order chi connectivity index (χ1) is 12.8. The van der Waals surface area contributed by atoms with E-state index >= 15 is 0 Å². The fourth-order valence-electron chi connectivity index (χ4n) is 2.62. The molecule has 0 saturated heterocycles. The summed E-state index contributed by atoms with van der Waals surface area (Å²) >= 11 is 0. The molecule has 146 valence electrons. The Hall–Kier alpha value is -2.38. The van der Waals surface area contributed by atoms with Crippen LogP contribution in [-0.4, -0.2) is 33.5 Å². The van der Waals surface area contributed by atoms with Gasteiger partial charge in [-0.1, -0.05) is 31.5 Å². The summed E-state index contributed by atoms with van der Waals surface area (Å²) in [4.78, 5) is 17.2. The van der Waals surface area contributed by atoms with Gasteiger partial charge in [-0.25, -0.2) is 13.5 Å². The predicted octanol–water partition coefficient (Wildman–Crippen LogP) is 3.77. The molecule has 2 aromatic rings. The van der Waals surface area contributed by atoms with E-state index in [2.05, 4.69) is 11.6 Å². The molecule has 0 atom stereocenters. The van der Waals surface area contributed by atoms with Crippen molar-refractivity contribution >= 4 is 21.6 Å². The molecule has 1 amide bonds. The highest BCUT2D eigenvalue weighted by Crippen LogP contribution is 2.22. The molecule has 0 unspecified atom stereocenters. The first-order valence-corrected chi connectivity index (χ1v) is 10.3. The van der Waals surface area contributed by atoms with Crippen molar-refractivity contribution in [2.45, 2.75) is 38.0 Å². The number of carbonyl (C=O) groups is 1. The van der Waals surface area contributed by atoms with E-state index in [-0.39, 0.29) is 10.5 Å². The molecule has 1 N–H and O–H groups in total. The Kier molecular flexibility index (Phi) is 6.98. The van der Waals surface area contributed by atoms with Crippen molar-refractivity contribution in [1.82, 2.24) is 5.06 Å². The molecule has 7 heteroatoms. The normalized spacial score (nSPS) is 11.3. The number of hydrogen-bond donors (Lipinski definition) is 1. The third-order valence-corrected chi connectivity index (χ3v) is 5.83. The first kappa shape index (κ1) is 20.9. The minimum atomic E-state index is -3.82. The summed E-state index contributed by atoms with van der Waals surface area (Å²) < 4.78 is 28.2. The monoisotopic (exact) mass is 390 g/mol. The van der Waals surface area contributed by atoms with Gasteiger partial charge in [0.05, 0.1) is 12.0 Å². The maximum Gasteiger partial charge on any atom is 0.277 e. The second-order valence-electron chi connectivity index (χ2n) is 6.37. The first-order valence-electron chi connectivity index (χ1n) is 8.83. The lowest BCUT2D eigenvalue weighted by molar-refractivity contribution is -0.0757. The maximum atomic E-state index is 12.8. The highest BCUT2D eigenvalue weighted by Gasteiger charge is 2.20. The van der Waals surface area contributed by atoms with Gasteiger partial charge in [-0.05, 0) is 55.2 Å². The van der Waals surface area contributed by atoms with Crippen LogP contribution in [0.2, 0.25) is 0 Å². The summed E-state index contributed by atoms with van der Waals surface area (Å²) in [7, 11) is -0.986. The number of amides is 1. The van der Waals surface area contributed by atoms with Gasteiger partial charge in [0, 0.05) is 18.3 Å². The lowest BCUT2D eigenvalue weighted by atomic mass is 10.1. The number of hydrogen-bond acceptors (Lipinski definition) is 4. The molecule has 2 rings (SSSR count). The van der Waals surface area contributed by atoms with E-state index in [1.54, 1.807) is 31.2 Å². The number of hydroxylamine groups is 2. The standard InChI is InChI=1S/C20H26N2O4S/c1-5-6-7-16-9-12-18(13-10-16)21-27(24,25)19-14-17(11-8-15(19)2)20(23)22(3)26-4/h8-14,21H,5-7H2,1-4H3. The third kappa shape index (κ3) is 5.30. The van der Waals surface area contributed by atoms with Crippen LogP contribution in [0.3, 0.4) is 0 Å². The van der Waals surface area contributed by atoms with Crippen LogP contribution in [0.1, 0.15) is 41.3 Å². The average Bonchev–Trinajstić information content (AvgIpc) is 2.66. The Balaban J connectivity index is 2.26. The highest BCUT2D eigenvalue weighted by atomic mass is 32.2. The Morgan fingerprint density at radius 3 is 2.41 bits per heavy atom. The van der Waals surface area contributed by atoms with Crippen LogP contribution in [0.5, 0.6) is 0 Å². The van der Waals surface area contributed by atoms with Gasteiger partial charge in [-0.15, -0.1) is 0 Å². The number of carbonyl (C=O) groups excluding carboxylic acids is 1. The van der Waals surface area contributed by atoms with Crippen molar-refractivity contribution in [3.8, 4) is 0 Å². The summed E-state index contributed by atoms with van der Waals surface area (Å²) in [5.74, 6) is -0.422. The zero-order valence-corrected chi connectivity index (χ0v) is 17.0. The summed E-state index contributed by atoms with van der Waals surface area (Å²) in [6.45, 7) is 3.82. The Morgan fingerprint density at radius 2 is 1.81 bits per heavy atom. The number of unbranched alkanes of at least 4 members (excludes halogenated alkanes) is 1. The van der Waals surface area contributed by atoms with E-state index in [1.165, 1.54) is 25.8 Å². The van der Waals surface area contributed by atoms with Crippen molar-refractivity contribution in [3.05, 3.63) is 59.2 Å². The number of nitrogens with one attached hydrogen (secondary N) is 1. The number of rotatable bonds is 8. The smallest absolute Gasteiger partial charge is 0.277 e. The SMILES string of the molecule is CCCCc1ccc(NS(=O)(=O)c2cc(C(=O)N(C)OC)ccc2C)cc1. The summed E-state index contributed by atoms with van der Waals surface area (Å²) in [5, 5.41) is 1.05. The van der Waals surface area contributed by atoms with Crippen molar-refractivity contribution in [2.24, 2.45) is 0 Å². The summed E-state index contributed by atoms with van der Waals surface area (Å²) in [5.41, 5.74) is 2.45. The van der Waals surface area contributed by atoms with Gasteiger partial charge >= 0.3 is 0 Å². The zero-order chi connectivity index (χ0) is 20.0. The molecule has 0 heterocycles. The molecule has 2 aromatic carbocycles. The van der Waals surface area contributed by atoms with E-state index in [0.717, 1.165) is 24.3 Å². The number of nitrogens with zero attached hydrogens (tertiary/aromatic N) is 1. The summed E-state index contributed by atoms with van der Waals surface area (Å²) in [6, 6.07) is 11.9. The second-order valence-corrected chi connectivity index (χ2v) is 8.02. The topological polar surface area (TPSA) is 75.7 Å². The molecule has 0 fully saturated rings. The fourth-order valence-corrected chi connectivity index (χ4v) is 3.95. The molecular weight excluding hydrogens is 364 g/mol. The number of aryl methyl sites for hydroxylation is 2. The predicted molar refractivity (Wildman–Crippen MR) is 106 cm³/mol. The van der Waals surface area contributed by atoms with Crippen LogP contribution in [0.4, 0.5) is 5.69 Å². The summed E-state index contributed by atoms with van der Waals surface area (Å²) in [6.07, 6.45) is 3.18. The lowest BCUT2D eigenvalue weighted by Crippen LogP contribution is -2.26. The molecule has 0 aromatic heterocycles. The third-order valence-electron chi connectivity index (χ3n) is 4.31. The largest absolute Gasteiger partial charge is 0.280 e. The average molecular weight is 391 g/mol. The highest BCUT2D eigenvalue weighted by molar-refractivity contribution is 7.92. The number of benzene rings is 2. The number of sulfonamides is 1. The van der Waals surface area contributed by atoms with Crippen LogP contribution in [-0.2, 0) is 21.3 Å². The minimum absolute atomic E-state index is 0.0629. The molecule has 6 nitrogen and oxygen atoms in total. The molecule has 0 radical (unpaired) electrons. The molecular formula is C20H26N2O4S. The quantitative estimate of drug-likeness (QED) is 0.696. The van der Waals surface area contributed by atoms with Crippen molar-refractivity contribution in [2.75, 3.05) is 18.9 Å². The molecule has 0 spiro atoms. The molecule has 0 aliphatic rings. The molecule has 0 bridgehead atoms. The van der Waals surface area contributed by atoms with Crippen molar-refractivity contribution in [3.63, 3.8) is 0 Å².